The first-order chi connectivity index (χ1) is 27.8. The van der Waals surface area contributed by atoms with E-state index in [1.165, 1.54) is 38.5 Å². The zero-order chi connectivity index (χ0) is 44.3. The largest absolute Gasteiger partial charge is 0.494 e. The van der Waals surface area contributed by atoms with Gasteiger partial charge >= 0.3 is 0 Å². The maximum absolute atomic E-state index is 13.5. The second kappa shape index (κ2) is 15.3. The summed E-state index contributed by atoms with van der Waals surface area (Å²) in [5.74, 6) is -2.05. The number of hydrazone groups is 2. The number of nitrogens with one attached hydrogen (secondary N) is 2. The minimum Gasteiger partial charge on any atom is -0.494 e. The average Bonchev–Trinajstić information content (AvgIpc) is 3.14. The molecule has 22 nitrogen and oxygen atoms in total. The van der Waals surface area contributed by atoms with Gasteiger partial charge in [-0.3, -0.25) is 38.7 Å². The summed E-state index contributed by atoms with van der Waals surface area (Å²) in [6.45, 7) is 0. The van der Waals surface area contributed by atoms with Gasteiger partial charge < -0.3 is 20.9 Å². The molecule has 0 unspecified atom stereocenters. The normalized spacial score (nSPS) is 15.8. The Morgan fingerprint density at radius 2 is 0.883 bits per heavy atom. The topological polar surface area (TPSA) is 371 Å². The smallest absolute Gasteiger partial charge is 0.296 e. The quantitative estimate of drug-likeness (QED) is 0.0609. The third kappa shape index (κ3) is 8.33. The van der Waals surface area contributed by atoms with Gasteiger partial charge in [-0.25, -0.2) is 0 Å². The number of nitrogens with zero attached hydrogens (tertiary/aromatic N) is 2. The number of benzene rings is 4. The number of carbonyl (C=O) groups is 2. The van der Waals surface area contributed by atoms with Crippen molar-refractivity contribution < 1.29 is 70.9 Å². The second-order valence-corrected chi connectivity index (χ2v) is 18.1. The lowest BCUT2D eigenvalue weighted by atomic mass is 9.93. The number of hydrogen-bond acceptors (Lipinski definition) is 18. The van der Waals surface area contributed by atoms with Crippen molar-refractivity contribution in [2.75, 3.05) is 36.5 Å². The number of Topliss-reactive ketones (excluding diaryl/α,β-unsaturated/α-hetero) is 2. The zero-order valence-electron chi connectivity index (χ0n) is 30.3. The molecular formula is C34H28N6O16S4. The summed E-state index contributed by atoms with van der Waals surface area (Å²) in [7, 11) is -17.4. The van der Waals surface area contributed by atoms with Crippen molar-refractivity contribution in [3.63, 3.8) is 0 Å². The van der Waals surface area contributed by atoms with E-state index in [1.54, 1.807) is 12.1 Å². The lowest BCUT2D eigenvalue weighted by molar-refractivity contribution is 0.105. The summed E-state index contributed by atoms with van der Waals surface area (Å²) in [4.78, 5) is 23.4. The number of nitrogen functional groups attached to an aromatic ring is 2. The van der Waals surface area contributed by atoms with Crippen LogP contribution in [-0.4, -0.2) is 89.1 Å². The van der Waals surface area contributed by atoms with Gasteiger partial charge in [0.05, 0.1) is 46.5 Å². The second-order valence-electron chi connectivity index (χ2n) is 12.5. The lowest BCUT2D eigenvalue weighted by Crippen LogP contribution is -2.28. The summed E-state index contributed by atoms with van der Waals surface area (Å²) in [6.07, 6.45) is 1.51. The molecule has 314 valence electrons. The predicted octanol–water partition coefficient (Wildman–Crippen LogP) is 2.81. The summed E-state index contributed by atoms with van der Waals surface area (Å²) in [5, 5.41) is 7.81. The maximum Gasteiger partial charge on any atom is 0.296 e. The molecule has 10 N–H and O–H groups in total. The highest BCUT2D eigenvalue weighted by atomic mass is 32.2. The molecule has 0 spiro atoms. The van der Waals surface area contributed by atoms with Crippen molar-refractivity contribution in [2.45, 2.75) is 9.79 Å². The Hall–Kier alpha value is -6.52. The number of ketones is 2. The Labute approximate surface area is 339 Å². The van der Waals surface area contributed by atoms with E-state index in [9.17, 15) is 61.5 Å². The Morgan fingerprint density at radius 3 is 1.18 bits per heavy atom. The van der Waals surface area contributed by atoms with Crippen LogP contribution in [0.1, 0.15) is 31.8 Å². The van der Waals surface area contributed by atoms with Crippen LogP contribution >= 0.6 is 0 Å². The molecule has 2 aliphatic rings. The fourth-order valence-electron chi connectivity index (χ4n) is 6.01. The first kappa shape index (κ1) is 43.1. The van der Waals surface area contributed by atoms with Crippen molar-refractivity contribution in [3.05, 3.63) is 92.7 Å². The summed E-state index contributed by atoms with van der Waals surface area (Å²) >= 11 is 0. The molecule has 0 heterocycles. The molecular weight excluding hydrogens is 877 g/mol. The fourth-order valence-corrected chi connectivity index (χ4v) is 8.43. The van der Waals surface area contributed by atoms with Gasteiger partial charge in [-0.2, -0.15) is 43.9 Å². The first-order valence-electron chi connectivity index (χ1n) is 16.2. The molecule has 0 aromatic heterocycles. The van der Waals surface area contributed by atoms with Crippen LogP contribution in [0.25, 0.3) is 23.3 Å². The van der Waals surface area contributed by atoms with E-state index in [4.69, 9.17) is 20.9 Å². The first-order valence-corrected chi connectivity index (χ1v) is 21.9. The summed E-state index contributed by atoms with van der Waals surface area (Å²) < 4.78 is 146. The molecule has 4 aromatic rings. The van der Waals surface area contributed by atoms with Crippen LogP contribution in [0.3, 0.4) is 0 Å². The van der Waals surface area contributed by atoms with Crippen LogP contribution in [0.5, 0.6) is 11.5 Å². The van der Waals surface area contributed by atoms with Gasteiger partial charge in [0.15, 0.2) is 11.4 Å². The summed E-state index contributed by atoms with van der Waals surface area (Å²) in [5.41, 5.74) is 14.0. The van der Waals surface area contributed by atoms with Crippen LogP contribution in [0, 0.1) is 0 Å². The molecule has 0 saturated heterocycles. The molecule has 0 amide bonds. The zero-order valence-corrected chi connectivity index (χ0v) is 33.6. The van der Waals surface area contributed by atoms with Crippen LogP contribution in [0.2, 0.25) is 0 Å². The van der Waals surface area contributed by atoms with Crippen molar-refractivity contribution in [1.82, 2.24) is 0 Å². The number of ether oxygens (including phenoxy) is 2. The van der Waals surface area contributed by atoms with E-state index in [0.29, 0.717) is 11.1 Å². The number of carbonyl (C=O) groups excluding carboxylic acids is 2. The van der Waals surface area contributed by atoms with Crippen LogP contribution in [0.15, 0.2) is 90.5 Å². The molecule has 6 rings (SSSR count). The van der Waals surface area contributed by atoms with Crippen LogP contribution in [0.4, 0.5) is 22.7 Å². The number of hydrogen-bond donors (Lipinski definition) is 8. The lowest BCUT2D eigenvalue weighted by Gasteiger charge is -2.19. The van der Waals surface area contributed by atoms with E-state index < -0.39 is 94.4 Å². The highest BCUT2D eigenvalue weighted by molar-refractivity contribution is 7.91. The number of methoxy groups -OCH3 is 2. The van der Waals surface area contributed by atoms with Gasteiger partial charge in [-0.05, 0) is 82.9 Å². The average molecular weight is 905 g/mol. The minimum absolute atomic E-state index is 0.0778. The molecule has 0 aliphatic heterocycles. The molecule has 0 atom stereocenters. The fraction of sp³-hybridized carbons (Fsp3) is 0.0588. The molecule has 0 radical (unpaired) electrons. The maximum atomic E-state index is 13.5. The van der Waals surface area contributed by atoms with Crippen LogP contribution in [-0.2, 0) is 40.5 Å². The Bertz CT molecular complexity index is 2960. The Morgan fingerprint density at radius 1 is 0.533 bits per heavy atom. The van der Waals surface area contributed by atoms with Gasteiger partial charge in [-0.15, -0.1) is 0 Å². The molecule has 0 bridgehead atoms. The molecule has 26 heteroatoms. The third-order valence-corrected chi connectivity index (χ3v) is 12.1. The number of allylic oxidation sites excluding steroid dienone is 2. The van der Waals surface area contributed by atoms with Gasteiger partial charge in [0.2, 0.25) is 11.6 Å². The van der Waals surface area contributed by atoms with E-state index in [1.807, 2.05) is 0 Å². The molecule has 60 heavy (non-hydrogen) atoms. The van der Waals surface area contributed by atoms with Gasteiger partial charge in [0.1, 0.15) is 21.3 Å². The molecule has 4 aromatic carbocycles. The Balaban J connectivity index is 1.31. The highest BCUT2D eigenvalue weighted by Crippen LogP contribution is 2.37. The number of anilines is 4. The monoisotopic (exact) mass is 904 g/mol. The number of fused-ring (bicyclic) bond motifs is 2. The van der Waals surface area contributed by atoms with Crippen molar-refractivity contribution in [2.24, 2.45) is 10.2 Å². The summed E-state index contributed by atoms with van der Waals surface area (Å²) in [6, 6.07) is 12.1. The predicted molar refractivity (Wildman–Crippen MR) is 216 cm³/mol. The van der Waals surface area contributed by atoms with Gasteiger partial charge in [-0.1, -0.05) is 12.1 Å². The third-order valence-electron chi connectivity index (χ3n) is 8.73. The standard InChI is InChI=1S/C34H28N6O16S4/c1-55-25-9-15(3-5-23(25)37-39-31-27(59(49,50)51)11-17-7-19(57(43,44)45)13-21(35)29(17)33(31)41)16-4-6-24(26(10-16)56-2)38-40-32-28(60(52,53)54)12-18-8-20(58(46,47)48)14-22(36)30(18)34(32)42/h3-14,37-38H,35-36H2,1-2H3,(H,43,44,45)(H,46,47,48)(H,49,50,51)(H,52,53,54)/b39-31+,40-32+. The van der Waals surface area contributed by atoms with Gasteiger partial charge in [0, 0.05) is 11.4 Å². The molecule has 2 aliphatic carbocycles. The minimum atomic E-state index is -5.15. The van der Waals surface area contributed by atoms with Crippen LogP contribution < -0.4 is 31.8 Å². The van der Waals surface area contributed by atoms with E-state index in [-0.39, 0.29) is 45.1 Å². The van der Waals surface area contributed by atoms with E-state index in [0.717, 1.165) is 36.4 Å². The van der Waals surface area contributed by atoms with E-state index in [2.05, 4.69) is 21.1 Å². The van der Waals surface area contributed by atoms with Crippen molar-refractivity contribution >= 4 is 98.4 Å². The SMILES string of the molecule is COc1cc(-c2ccc(N/N=C3/C(=O)c4c(N)cc(S(=O)(=O)O)cc4C=C3S(=O)(=O)O)c(OC)c2)ccc1N/N=C1/C(=O)c2c(N)cc(S(=O)(=O)O)cc2C=C1S(=O)(=O)O. The van der Waals surface area contributed by atoms with Crippen molar-refractivity contribution in [3.8, 4) is 22.6 Å². The molecule has 0 fully saturated rings. The number of rotatable bonds is 11. The van der Waals surface area contributed by atoms with E-state index >= 15 is 0 Å². The van der Waals surface area contributed by atoms with Crippen molar-refractivity contribution in [1.29, 1.82) is 0 Å². The number of nitrogens with two attached hydrogens (primary N) is 2. The molecule has 0 saturated carbocycles. The Kier molecular flexibility index (Phi) is 11.0. The van der Waals surface area contributed by atoms with Gasteiger partial charge in [0.25, 0.3) is 40.5 Å². The highest BCUT2D eigenvalue weighted by Gasteiger charge is 2.37.